The van der Waals surface area contributed by atoms with E-state index in [-0.39, 0.29) is 24.7 Å². The van der Waals surface area contributed by atoms with E-state index < -0.39 is 6.29 Å². The maximum Gasteiger partial charge on any atom is 0.251 e. The fourth-order valence-electron chi connectivity index (χ4n) is 6.99. The number of carbonyl (C=O) groups excluding carboxylic acids is 1. The highest BCUT2D eigenvalue weighted by Crippen LogP contribution is 2.40. The van der Waals surface area contributed by atoms with Gasteiger partial charge in [0.05, 0.1) is 33.0 Å². The molecule has 5 aromatic carbocycles. The molecule has 5 aromatic rings. The molecular weight excluding hydrogens is 640 g/mol. The van der Waals surface area contributed by atoms with Crippen LogP contribution in [0.2, 0.25) is 0 Å². The molecule has 2 N–H and O–H groups in total. The topological polar surface area (TPSA) is 89.5 Å². The van der Waals surface area contributed by atoms with Crippen molar-refractivity contribution in [2.24, 2.45) is 0 Å². The SMILES string of the molecule is COc1cc2c(cc1OC)CN(C[C@@H]1C[C@H](c3ccc(CO)cc3)O[C@H](c3ccc(-c4cccc(CNC(=O)c5ccccc5)c4)cc3)O1)CC2. The number of hydrogen-bond donors (Lipinski definition) is 2. The van der Waals surface area contributed by atoms with E-state index in [1.54, 1.807) is 14.2 Å². The van der Waals surface area contributed by atoms with Crippen molar-refractivity contribution in [1.29, 1.82) is 0 Å². The third-order valence-corrected chi connectivity index (χ3v) is 9.81. The quantitative estimate of drug-likeness (QED) is 0.150. The summed E-state index contributed by atoms with van der Waals surface area (Å²) in [4.78, 5) is 15.0. The predicted molar refractivity (Wildman–Crippen MR) is 196 cm³/mol. The number of fused-ring (bicyclic) bond motifs is 1. The Morgan fingerprint density at radius 2 is 1.51 bits per heavy atom. The van der Waals surface area contributed by atoms with Crippen molar-refractivity contribution >= 4 is 5.91 Å². The average molecular weight is 685 g/mol. The first kappa shape index (κ1) is 34.5. The number of benzene rings is 5. The predicted octanol–water partition coefficient (Wildman–Crippen LogP) is 7.40. The van der Waals surface area contributed by atoms with E-state index in [2.05, 4.69) is 58.7 Å². The second-order valence-electron chi connectivity index (χ2n) is 13.2. The Labute approximate surface area is 299 Å². The van der Waals surface area contributed by atoms with E-state index in [0.29, 0.717) is 12.1 Å². The van der Waals surface area contributed by atoms with Crippen molar-refractivity contribution in [3.63, 3.8) is 0 Å². The van der Waals surface area contributed by atoms with Crippen LogP contribution in [0.1, 0.15) is 62.6 Å². The van der Waals surface area contributed by atoms with Gasteiger partial charge < -0.3 is 29.4 Å². The molecule has 0 aliphatic carbocycles. The minimum atomic E-state index is -0.540. The van der Waals surface area contributed by atoms with Crippen LogP contribution in [-0.2, 0) is 35.6 Å². The molecule has 2 aliphatic rings. The highest BCUT2D eigenvalue weighted by molar-refractivity contribution is 5.94. The molecule has 2 aliphatic heterocycles. The lowest BCUT2D eigenvalue weighted by molar-refractivity contribution is -0.253. The molecule has 1 saturated heterocycles. The van der Waals surface area contributed by atoms with Crippen LogP contribution in [0.4, 0.5) is 0 Å². The number of carbonyl (C=O) groups is 1. The Balaban J connectivity index is 1.06. The van der Waals surface area contributed by atoms with Crippen LogP contribution in [0.15, 0.2) is 115 Å². The van der Waals surface area contributed by atoms with Gasteiger partial charge in [-0.3, -0.25) is 9.69 Å². The monoisotopic (exact) mass is 684 g/mol. The minimum absolute atomic E-state index is 0.00480. The smallest absolute Gasteiger partial charge is 0.251 e. The van der Waals surface area contributed by atoms with E-state index in [4.69, 9.17) is 18.9 Å². The molecule has 51 heavy (non-hydrogen) atoms. The van der Waals surface area contributed by atoms with Crippen molar-refractivity contribution in [2.75, 3.05) is 27.3 Å². The molecule has 7 rings (SSSR count). The number of methoxy groups -OCH3 is 2. The summed E-state index contributed by atoms with van der Waals surface area (Å²) in [5.74, 6) is 1.42. The van der Waals surface area contributed by atoms with Gasteiger partial charge in [-0.05, 0) is 75.7 Å². The number of aliphatic hydroxyl groups is 1. The molecule has 1 amide bonds. The van der Waals surface area contributed by atoms with Gasteiger partial charge in [0.1, 0.15) is 0 Å². The Kier molecular flexibility index (Phi) is 10.8. The van der Waals surface area contributed by atoms with E-state index in [9.17, 15) is 9.90 Å². The standard InChI is InChI=1S/C43H44N2O6/c1-48-40-22-36-19-20-45(26-37(36)23-41(40)49-2)27-38-24-39(32-13-11-29(28-46)12-14-32)51-43(50-38)34-17-15-31(16-18-34)35-10-6-7-30(21-35)25-44-42(47)33-8-4-3-5-9-33/h3-18,21-23,38-39,43,46H,19-20,24-28H2,1-2H3,(H,44,47)/t38-,39+,43+/m0/s1. The first-order chi connectivity index (χ1) is 25.0. The Bertz CT molecular complexity index is 1930. The number of nitrogens with one attached hydrogen (secondary N) is 1. The molecule has 8 heteroatoms. The molecule has 0 spiro atoms. The highest BCUT2D eigenvalue weighted by atomic mass is 16.7. The maximum absolute atomic E-state index is 12.6. The van der Waals surface area contributed by atoms with E-state index in [1.807, 2.05) is 66.7 Å². The molecule has 3 atom stereocenters. The van der Waals surface area contributed by atoms with E-state index in [0.717, 1.165) is 77.4 Å². The third-order valence-electron chi connectivity index (χ3n) is 9.81. The summed E-state index contributed by atoms with van der Waals surface area (Å²) in [7, 11) is 3.35. The lowest BCUT2D eigenvalue weighted by Gasteiger charge is -2.39. The number of amides is 1. The van der Waals surface area contributed by atoms with Crippen LogP contribution >= 0.6 is 0 Å². The van der Waals surface area contributed by atoms with Crippen molar-refractivity contribution in [2.45, 2.75) is 51.0 Å². The number of hydrogen-bond acceptors (Lipinski definition) is 7. The molecule has 8 nitrogen and oxygen atoms in total. The number of aliphatic hydroxyl groups excluding tert-OH is 1. The van der Waals surface area contributed by atoms with Crippen LogP contribution in [0, 0.1) is 0 Å². The zero-order valence-corrected chi connectivity index (χ0v) is 29.1. The molecule has 262 valence electrons. The fraction of sp³-hybridized carbons (Fsp3) is 0.279. The summed E-state index contributed by atoms with van der Waals surface area (Å²) in [6.45, 7) is 2.94. The molecule has 0 saturated carbocycles. The summed E-state index contributed by atoms with van der Waals surface area (Å²) in [6.07, 6.45) is 0.883. The summed E-state index contributed by atoms with van der Waals surface area (Å²) in [6, 6.07) is 38.0. The summed E-state index contributed by atoms with van der Waals surface area (Å²) in [5, 5.41) is 12.6. The van der Waals surface area contributed by atoms with Gasteiger partial charge in [0.2, 0.25) is 0 Å². The van der Waals surface area contributed by atoms with Crippen molar-refractivity contribution in [3.8, 4) is 22.6 Å². The van der Waals surface area contributed by atoms with Gasteiger partial charge >= 0.3 is 0 Å². The Hall–Kier alpha value is -4.99. The molecular formula is C43H44N2O6. The molecule has 0 radical (unpaired) electrons. The van der Waals surface area contributed by atoms with Crippen molar-refractivity contribution in [3.05, 3.63) is 154 Å². The van der Waals surface area contributed by atoms with Gasteiger partial charge in [-0.25, -0.2) is 0 Å². The lowest BCUT2D eigenvalue weighted by atomic mass is 9.96. The van der Waals surface area contributed by atoms with Crippen LogP contribution in [-0.4, -0.2) is 49.3 Å². The molecule has 0 unspecified atom stereocenters. The molecule has 2 heterocycles. The number of rotatable bonds is 11. The first-order valence-corrected chi connectivity index (χ1v) is 17.5. The minimum Gasteiger partial charge on any atom is -0.493 e. The van der Waals surface area contributed by atoms with E-state index in [1.165, 1.54) is 11.1 Å². The van der Waals surface area contributed by atoms with Gasteiger partial charge in [0.15, 0.2) is 17.8 Å². The number of nitrogens with zero attached hydrogens (tertiary/aromatic N) is 1. The maximum atomic E-state index is 12.6. The molecule has 1 fully saturated rings. The van der Waals surface area contributed by atoms with Gasteiger partial charge in [0, 0.05) is 43.7 Å². The highest BCUT2D eigenvalue weighted by Gasteiger charge is 2.34. The van der Waals surface area contributed by atoms with Gasteiger partial charge in [-0.1, -0.05) is 84.9 Å². The van der Waals surface area contributed by atoms with Crippen LogP contribution in [0.25, 0.3) is 11.1 Å². The van der Waals surface area contributed by atoms with E-state index >= 15 is 0 Å². The fourth-order valence-corrected chi connectivity index (χ4v) is 6.99. The lowest BCUT2D eigenvalue weighted by Crippen LogP contribution is -2.41. The van der Waals surface area contributed by atoms with Gasteiger partial charge in [-0.15, -0.1) is 0 Å². The Morgan fingerprint density at radius 1 is 0.784 bits per heavy atom. The molecule has 0 aromatic heterocycles. The third kappa shape index (κ3) is 8.16. The number of ether oxygens (including phenoxy) is 4. The second kappa shape index (κ2) is 15.9. The average Bonchev–Trinajstić information content (AvgIpc) is 3.19. The van der Waals surface area contributed by atoms with Crippen molar-refractivity contribution in [1.82, 2.24) is 10.2 Å². The second-order valence-corrected chi connectivity index (χ2v) is 13.2. The first-order valence-electron chi connectivity index (χ1n) is 17.5. The summed E-state index contributed by atoms with van der Waals surface area (Å²) in [5.41, 5.74) is 9.23. The van der Waals surface area contributed by atoms with Crippen LogP contribution in [0.3, 0.4) is 0 Å². The van der Waals surface area contributed by atoms with Gasteiger partial charge in [-0.2, -0.15) is 0 Å². The Morgan fingerprint density at radius 3 is 2.24 bits per heavy atom. The van der Waals surface area contributed by atoms with Crippen LogP contribution < -0.4 is 14.8 Å². The van der Waals surface area contributed by atoms with Crippen molar-refractivity contribution < 1.29 is 28.8 Å². The molecule has 0 bridgehead atoms. The summed E-state index contributed by atoms with van der Waals surface area (Å²) >= 11 is 0. The van der Waals surface area contributed by atoms with Gasteiger partial charge in [0.25, 0.3) is 5.91 Å². The van der Waals surface area contributed by atoms with Crippen LogP contribution in [0.5, 0.6) is 11.5 Å². The normalized spacial score (nSPS) is 18.8. The zero-order chi connectivity index (χ0) is 35.2. The zero-order valence-electron chi connectivity index (χ0n) is 29.1. The largest absolute Gasteiger partial charge is 0.493 e. The summed E-state index contributed by atoms with van der Waals surface area (Å²) < 4.78 is 24.5.